The van der Waals surface area contributed by atoms with Gasteiger partial charge < -0.3 is 19.7 Å². The topological polar surface area (TPSA) is 50.8 Å². The zero-order chi connectivity index (χ0) is 16.1. The summed E-state index contributed by atoms with van der Waals surface area (Å²) >= 11 is 0. The van der Waals surface area contributed by atoms with Gasteiger partial charge in [-0.25, -0.2) is 0 Å². The van der Waals surface area contributed by atoms with Crippen molar-refractivity contribution in [3.63, 3.8) is 0 Å². The second-order valence-corrected chi connectivity index (χ2v) is 5.79. The van der Waals surface area contributed by atoms with Gasteiger partial charge in [-0.05, 0) is 38.0 Å². The molecule has 2 unspecified atom stereocenters. The number of methoxy groups -OCH3 is 2. The van der Waals surface area contributed by atoms with Crippen LogP contribution in [0.15, 0.2) is 18.2 Å². The van der Waals surface area contributed by atoms with Crippen LogP contribution in [0.5, 0.6) is 11.5 Å². The highest BCUT2D eigenvalue weighted by Gasteiger charge is 2.27. The number of benzene rings is 1. The third kappa shape index (κ3) is 5.01. The van der Waals surface area contributed by atoms with Crippen molar-refractivity contribution in [1.29, 1.82) is 0 Å². The minimum atomic E-state index is 0. The molecule has 6 heteroatoms. The van der Waals surface area contributed by atoms with Gasteiger partial charge in [0.1, 0.15) is 11.5 Å². The SMILES string of the molecule is COc1cc(CCC(=O)N2CCNC(C)C2C)cc(OC)c1.Cl. The molecule has 0 radical (unpaired) electrons. The van der Waals surface area contributed by atoms with Crippen molar-refractivity contribution in [3.8, 4) is 11.5 Å². The number of rotatable bonds is 5. The zero-order valence-electron chi connectivity index (χ0n) is 14.3. The van der Waals surface area contributed by atoms with Crippen molar-refractivity contribution in [2.24, 2.45) is 0 Å². The zero-order valence-corrected chi connectivity index (χ0v) is 15.1. The van der Waals surface area contributed by atoms with Crippen LogP contribution >= 0.6 is 12.4 Å². The van der Waals surface area contributed by atoms with E-state index in [2.05, 4.69) is 19.2 Å². The van der Waals surface area contributed by atoms with E-state index in [1.165, 1.54) is 0 Å². The molecule has 1 fully saturated rings. The first-order valence-electron chi connectivity index (χ1n) is 7.80. The maximum absolute atomic E-state index is 12.5. The minimum Gasteiger partial charge on any atom is -0.497 e. The quantitative estimate of drug-likeness (QED) is 0.891. The average molecular weight is 343 g/mol. The maximum atomic E-state index is 12.5. The van der Waals surface area contributed by atoms with Gasteiger partial charge >= 0.3 is 0 Å². The number of hydrogen-bond donors (Lipinski definition) is 1. The number of aryl methyl sites for hydroxylation is 1. The largest absolute Gasteiger partial charge is 0.497 e. The van der Waals surface area contributed by atoms with Gasteiger partial charge in [-0.3, -0.25) is 4.79 Å². The Balaban J connectivity index is 0.00000264. The molecule has 0 aromatic heterocycles. The highest BCUT2D eigenvalue weighted by atomic mass is 35.5. The maximum Gasteiger partial charge on any atom is 0.223 e. The molecule has 130 valence electrons. The van der Waals surface area contributed by atoms with Crippen LogP contribution in [-0.2, 0) is 11.2 Å². The Morgan fingerprint density at radius 1 is 1.22 bits per heavy atom. The number of piperazine rings is 1. The lowest BCUT2D eigenvalue weighted by Gasteiger charge is -2.38. The second-order valence-electron chi connectivity index (χ2n) is 5.79. The van der Waals surface area contributed by atoms with E-state index in [0.717, 1.165) is 30.2 Å². The van der Waals surface area contributed by atoms with Crippen LogP contribution in [0.1, 0.15) is 25.8 Å². The van der Waals surface area contributed by atoms with E-state index in [-0.39, 0.29) is 24.4 Å². The molecular formula is C17H27ClN2O3. The number of nitrogens with one attached hydrogen (secondary N) is 1. The molecule has 2 atom stereocenters. The fraction of sp³-hybridized carbons (Fsp3) is 0.588. The monoisotopic (exact) mass is 342 g/mol. The Morgan fingerprint density at radius 3 is 2.39 bits per heavy atom. The van der Waals surface area contributed by atoms with E-state index in [1.807, 2.05) is 23.1 Å². The first-order chi connectivity index (χ1) is 10.5. The molecule has 1 amide bonds. The third-order valence-corrected chi connectivity index (χ3v) is 4.39. The summed E-state index contributed by atoms with van der Waals surface area (Å²) in [6, 6.07) is 6.33. The fourth-order valence-corrected chi connectivity index (χ4v) is 2.81. The van der Waals surface area contributed by atoms with Crippen molar-refractivity contribution >= 4 is 18.3 Å². The number of hydrogen-bond acceptors (Lipinski definition) is 4. The summed E-state index contributed by atoms with van der Waals surface area (Å²) in [7, 11) is 3.26. The van der Waals surface area contributed by atoms with Crippen LogP contribution in [0.25, 0.3) is 0 Å². The lowest BCUT2D eigenvalue weighted by molar-refractivity contribution is -0.134. The van der Waals surface area contributed by atoms with Gasteiger partial charge in [0.25, 0.3) is 0 Å². The molecule has 1 aromatic rings. The van der Waals surface area contributed by atoms with Crippen LogP contribution in [-0.4, -0.2) is 50.2 Å². The van der Waals surface area contributed by atoms with Crippen molar-refractivity contribution in [2.75, 3.05) is 27.3 Å². The lowest BCUT2D eigenvalue weighted by atomic mass is 10.0. The van der Waals surface area contributed by atoms with Crippen LogP contribution in [0, 0.1) is 0 Å². The lowest BCUT2D eigenvalue weighted by Crippen LogP contribution is -2.57. The van der Waals surface area contributed by atoms with Crippen LogP contribution in [0.4, 0.5) is 0 Å². The van der Waals surface area contributed by atoms with E-state index in [1.54, 1.807) is 14.2 Å². The van der Waals surface area contributed by atoms with E-state index in [9.17, 15) is 4.79 Å². The summed E-state index contributed by atoms with van der Waals surface area (Å²) in [5, 5.41) is 3.39. The van der Waals surface area contributed by atoms with Gasteiger partial charge in [-0.15, -0.1) is 12.4 Å². The Morgan fingerprint density at radius 2 is 1.83 bits per heavy atom. The average Bonchev–Trinajstić information content (AvgIpc) is 2.54. The van der Waals surface area contributed by atoms with Gasteiger partial charge in [0.05, 0.1) is 14.2 Å². The first-order valence-corrected chi connectivity index (χ1v) is 7.80. The molecule has 1 aromatic carbocycles. The number of carbonyl (C=O) groups excluding carboxylic acids is 1. The number of amides is 1. The summed E-state index contributed by atoms with van der Waals surface area (Å²) < 4.78 is 10.5. The van der Waals surface area contributed by atoms with Crippen molar-refractivity contribution in [1.82, 2.24) is 10.2 Å². The van der Waals surface area contributed by atoms with Gasteiger partial charge in [0.15, 0.2) is 0 Å². The van der Waals surface area contributed by atoms with E-state index in [0.29, 0.717) is 18.9 Å². The minimum absolute atomic E-state index is 0. The normalized spacial score (nSPS) is 20.6. The molecule has 5 nitrogen and oxygen atoms in total. The summed E-state index contributed by atoms with van der Waals surface area (Å²) in [6.45, 7) is 5.87. The van der Waals surface area contributed by atoms with Crippen LogP contribution < -0.4 is 14.8 Å². The summed E-state index contributed by atoms with van der Waals surface area (Å²) in [5.74, 6) is 1.72. The number of nitrogens with zero attached hydrogens (tertiary/aromatic N) is 1. The predicted octanol–water partition coefficient (Wildman–Crippen LogP) is 2.27. The van der Waals surface area contributed by atoms with Crippen molar-refractivity contribution < 1.29 is 14.3 Å². The molecule has 23 heavy (non-hydrogen) atoms. The molecule has 1 saturated heterocycles. The number of ether oxygens (including phenoxy) is 2. The van der Waals surface area contributed by atoms with Gasteiger partial charge in [0.2, 0.25) is 5.91 Å². The van der Waals surface area contributed by atoms with E-state index >= 15 is 0 Å². The Hall–Kier alpha value is -1.46. The Labute approximate surface area is 144 Å². The van der Waals surface area contributed by atoms with Crippen molar-refractivity contribution in [2.45, 2.75) is 38.8 Å². The highest BCUT2D eigenvalue weighted by Crippen LogP contribution is 2.23. The Kier molecular flexibility index (Phi) is 7.65. The molecule has 1 heterocycles. The molecule has 2 rings (SSSR count). The van der Waals surface area contributed by atoms with Crippen LogP contribution in [0.2, 0.25) is 0 Å². The first kappa shape index (κ1) is 19.6. The van der Waals surface area contributed by atoms with Gasteiger partial charge in [0, 0.05) is 37.7 Å². The number of carbonyl (C=O) groups is 1. The molecule has 0 aliphatic carbocycles. The molecule has 0 spiro atoms. The molecule has 0 bridgehead atoms. The standard InChI is InChI=1S/C17H26N2O3.ClH/c1-12-13(2)19(8-7-18-12)17(20)6-5-14-9-15(21-3)11-16(10-14)22-4;/h9-13,18H,5-8H2,1-4H3;1H. The smallest absolute Gasteiger partial charge is 0.223 e. The summed E-state index contributed by atoms with van der Waals surface area (Å²) in [4.78, 5) is 14.5. The van der Waals surface area contributed by atoms with Gasteiger partial charge in [-0.2, -0.15) is 0 Å². The highest BCUT2D eigenvalue weighted by molar-refractivity contribution is 5.85. The second kappa shape index (κ2) is 8.99. The van der Waals surface area contributed by atoms with E-state index in [4.69, 9.17) is 9.47 Å². The van der Waals surface area contributed by atoms with Gasteiger partial charge in [-0.1, -0.05) is 0 Å². The summed E-state index contributed by atoms with van der Waals surface area (Å²) in [6.07, 6.45) is 1.20. The third-order valence-electron chi connectivity index (χ3n) is 4.39. The number of halogens is 1. The molecule has 1 aliphatic heterocycles. The Bertz CT molecular complexity index is 502. The summed E-state index contributed by atoms with van der Waals surface area (Å²) in [5.41, 5.74) is 1.06. The van der Waals surface area contributed by atoms with Crippen LogP contribution in [0.3, 0.4) is 0 Å². The van der Waals surface area contributed by atoms with E-state index < -0.39 is 0 Å². The molecule has 1 N–H and O–H groups in total. The molecule has 0 saturated carbocycles. The predicted molar refractivity (Wildman–Crippen MR) is 93.8 cm³/mol. The van der Waals surface area contributed by atoms with Crippen molar-refractivity contribution in [3.05, 3.63) is 23.8 Å². The molecule has 1 aliphatic rings. The fourth-order valence-electron chi connectivity index (χ4n) is 2.81. The molecular weight excluding hydrogens is 316 g/mol.